The molecule has 0 saturated heterocycles. The third kappa shape index (κ3) is 3.54. The van der Waals surface area contributed by atoms with Gasteiger partial charge in [0.25, 0.3) is 10.0 Å². The second-order valence-electron chi connectivity index (χ2n) is 4.80. The minimum Gasteiger partial charge on any atom is -0.206 e. The highest BCUT2D eigenvalue weighted by molar-refractivity contribution is 7.91. The molecule has 0 saturated carbocycles. The lowest BCUT2D eigenvalue weighted by atomic mass is 9.96. The van der Waals surface area contributed by atoms with Crippen molar-refractivity contribution in [2.75, 3.05) is 0 Å². The number of hydrogen-bond acceptors (Lipinski definition) is 3. The van der Waals surface area contributed by atoms with Gasteiger partial charge in [0.15, 0.2) is 0 Å². The normalized spacial score (nSPS) is 12.6. The molecule has 0 radical (unpaired) electrons. The van der Waals surface area contributed by atoms with E-state index in [0.717, 1.165) is 16.9 Å². The number of sulfonamides is 1. The van der Waals surface area contributed by atoms with Gasteiger partial charge in [-0.15, -0.1) is 11.3 Å². The summed E-state index contributed by atoms with van der Waals surface area (Å²) in [5, 5.41) is 0.564. The van der Waals surface area contributed by atoms with E-state index in [1.807, 2.05) is 6.07 Å². The first-order chi connectivity index (χ1) is 9.21. The van der Waals surface area contributed by atoms with E-state index in [0.29, 0.717) is 9.36 Å². The molecular formula is C13H13Cl2NO2S2. The van der Waals surface area contributed by atoms with Crippen molar-refractivity contribution < 1.29 is 8.42 Å². The summed E-state index contributed by atoms with van der Waals surface area (Å²) in [7, 11) is -3.62. The lowest BCUT2D eigenvalue weighted by Crippen LogP contribution is -2.40. The molecule has 0 unspecified atom stereocenters. The number of benzene rings is 1. The predicted octanol–water partition coefficient (Wildman–Crippen LogP) is 4.27. The van der Waals surface area contributed by atoms with E-state index in [1.165, 1.54) is 6.07 Å². The maximum atomic E-state index is 12.3. The Balaban J connectivity index is 2.32. The molecule has 0 bridgehead atoms. The second kappa shape index (κ2) is 5.66. The number of rotatable bonds is 4. The van der Waals surface area contributed by atoms with Crippen LogP contribution in [-0.4, -0.2) is 8.42 Å². The highest BCUT2D eigenvalue weighted by Gasteiger charge is 2.29. The van der Waals surface area contributed by atoms with Gasteiger partial charge in [0.05, 0.1) is 9.88 Å². The van der Waals surface area contributed by atoms with Crippen LogP contribution in [0.15, 0.2) is 40.6 Å². The first kappa shape index (κ1) is 15.8. The Labute approximate surface area is 132 Å². The summed E-state index contributed by atoms with van der Waals surface area (Å²) in [5.41, 5.74) is 0.0106. The van der Waals surface area contributed by atoms with Crippen molar-refractivity contribution in [3.63, 3.8) is 0 Å². The lowest BCUT2D eigenvalue weighted by molar-refractivity contribution is 0.473. The fourth-order valence-corrected chi connectivity index (χ4v) is 4.84. The summed E-state index contributed by atoms with van der Waals surface area (Å²) in [6.45, 7) is 3.57. The standard InChI is InChI=1S/C13H13Cl2NO2S2/c1-13(2,9-4-3-5-10(14)8-9)16-20(17,18)12-7-6-11(15)19-12/h3-8,16H,1-2H3. The van der Waals surface area contributed by atoms with Crippen LogP contribution in [0.3, 0.4) is 0 Å². The van der Waals surface area contributed by atoms with Gasteiger partial charge in [-0.25, -0.2) is 13.1 Å². The molecule has 2 rings (SSSR count). The molecule has 2 aromatic rings. The molecule has 0 fully saturated rings. The molecule has 7 heteroatoms. The van der Waals surface area contributed by atoms with Gasteiger partial charge < -0.3 is 0 Å². The largest absolute Gasteiger partial charge is 0.250 e. The molecule has 1 aromatic heterocycles. The van der Waals surface area contributed by atoms with E-state index in [-0.39, 0.29) is 4.21 Å². The van der Waals surface area contributed by atoms with Crippen LogP contribution in [0.5, 0.6) is 0 Å². The highest BCUT2D eigenvalue weighted by Crippen LogP contribution is 2.29. The maximum absolute atomic E-state index is 12.3. The monoisotopic (exact) mass is 349 g/mol. The van der Waals surface area contributed by atoms with Gasteiger partial charge in [-0.1, -0.05) is 35.3 Å². The lowest BCUT2D eigenvalue weighted by Gasteiger charge is -2.26. The van der Waals surface area contributed by atoms with Crippen LogP contribution in [0, 0.1) is 0 Å². The van der Waals surface area contributed by atoms with Crippen molar-refractivity contribution in [2.45, 2.75) is 23.6 Å². The fourth-order valence-electron chi connectivity index (χ4n) is 1.76. The van der Waals surface area contributed by atoms with Crippen molar-refractivity contribution in [3.8, 4) is 0 Å². The predicted molar refractivity (Wildman–Crippen MR) is 84.1 cm³/mol. The summed E-state index contributed by atoms with van der Waals surface area (Å²) in [6.07, 6.45) is 0. The number of hydrogen-bond donors (Lipinski definition) is 1. The van der Waals surface area contributed by atoms with Gasteiger partial charge in [0, 0.05) is 5.02 Å². The number of nitrogens with one attached hydrogen (secondary N) is 1. The summed E-state index contributed by atoms with van der Waals surface area (Å²) < 4.78 is 28.0. The Morgan fingerprint density at radius 1 is 1.15 bits per heavy atom. The van der Waals surface area contributed by atoms with E-state index < -0.39 is 15.6 Å². The Morgan fingerprint density at radius 3 is 2.40 bits per heavy atom. The Morgan fingerprint density at radius 2 is 1.85 bits per heavy atom. The molecular weight excluding hydrogens is 337 g/mol. The van der Waals surface area contributed by atoms with Crippen LogP contribution < -0.4 is 4.72 Å². The Hall–Kier alpha value is -0.590. The van der Waals surface area contributed by atoms with Crippen LogP contribution in [0.25, 0.3) is 0 Å². The summed E-state index contributed by atoms with van der Waals surface area (Å²) in [6, 6.07) is 10.2. The van der Waals surface area contributed by atoms with Crippen LogP contribution >= 0.6 is 34.5 Å². The van der Waals surface area contributed by atoms with Crippen molar-refractivity contribution in [1.29, 1.82) is 0 Å². The molecule has 1 aromatic carbocycles. The van der Waals surface area contributed by atoms with E-state index in [1.54, 1.807) is 38.1 Å². The van der Waals surface area contributed by atoms with Crippen molar-refractivity contribution >= 4 is 44.6 Å². The number of halogens is 2. The van der Waals surface area contributed by atoms with Gasteiger partial charge >= 0.3 is 0 Å². The third-order valence-electron chi connectivity index (χ3n) is 2.75. The van der Waals surface area contributed by atoms with Crippen LogP contribution in [0.1, 0.15) is 19.4 Å². The molecule has 0 atom stereocenters. The SMILES string of the molecule is CC(C)(NS(=O)(=O)c1ccc(Cl)s1)c1cccc(Cl)c1. The first-order valence-corrected chi connectivity index (χ1v) is 8.82. The zero-order chi connectivity index (χ0) is 15.0. The van der Waals surface area contributed by atoms with Gasteiger partial charge in [0.2, 0.25) is 0 Å². The third-order valence-corrected chi connectivity index (χ3v) is 6.36. The molecule has 0 aliphatic heterocycles. The average Bonchev–Trinajstić information content (AvgIpc) is 2.75. The molecule has 0 spiro atoms. The zero-order valence-corrected chi connectivity index (χ0v) is 14.0. The van der Waals surface area contributed by atoms with Crippen LogP contribution in [0.4, 0.5) is 0 Å². The van der Waals surface area contributed by atoms with Crippen molar-refractivity contribution in [1.82, 2.24) is 4.72 Å². The summed E-state index contributed by atoms with van der Waals surface area (Å²) >= 11 is 12.8. The molecule has 1 N–H and O–H groups in total. The van der Waals surface area contributed by atoms with Gasteiger partial charge in [-0.05, 0) is 43.7 Å². The molecule has 20 heavy (non-hydrogen) atoms. The highest BCUT2D eigenvalue weighted by atomic mass is 35.5. The number of thiophene rings is 1. The Bertz CT molecular complexity index is 723. The van der Waals surface area contributed by atoms with Crippen LogP contribution in [0.2, 0.25) is 9.36 Å². The van der Waals surface area contributed by atoms with Crippen LogP contribution in [-0.2, 0) is 15.6 Å². The zero-order valence-electron chi connectivity index (χ0n) is 10.9. The van der Waals surface area contributed by atoms with Gasteiger partial charge in [-0.2, -0.15) is 0 Å². The topological polar surface area (TPSA) is 46.2 Å². The van der Waals surface area contributed by atoms with E-state index in [4.69, 9.17) is 23.2 Å². The van der Waals surface area contributed by atoms with E-state index in [2.05, 4.69) is 4.72 Å². The molecule has 0 aliphatic carbocycles. The fraction of sp³-hybridized carbons (Fsp3) is 0.231. The molecule has 3 nitrogen and oxygen atoms in total. The quantitative estimate of drug-likeness (QED) is 0.895. The smallest absolute Gasteiger partial charge is 0.206 e. The van der Waals surface area contributed by atoms with Crippen molar-refractivity contribution in [2.24, 2.45) is 0 Å². The molecule has 0 aliphatic rings. The maximum Gasteiger partial charge on any atom is 0.250 e. The average molecular weight is 350 g/mol. The van der Waals surface area contributed by atoms with E-state index in [9.17, 15) is 8.42 Å². The van der Waals surface area contributed by atoms with Gasteiger partial charge in [0.1, 0.15) is 4.21 Å². The molecule has 0 amide bonds. The summed E-state index contributed by atoms with van der Waals surface area (Å²) in [4.78, 5) is 0. The molecule has 1 heterocycles. The van der Waals surface area contributed by atoms with Crippen molar-refractivity contribution in [3.05, 3.63) is 51.3 Å². The molecule has 108 valence electrons. The minimum absolute atomic E-state index is 0.192. The summed E-state index contributed by atoms with van der Waals surface area (Å²) in [5.74, 6) is 0. The van der Waals surface area contributed by atoms with E-state index >= 15 is 0 Å². The van der Waals surface area contributed by atoms with Gasteiger partial charge in [-0.3, -0.25) is 0 Å². The Kier molecular flexibility index (Phi) is 4.47. The first-order valence-electron chi connectivity index (χ1n) is 5.76. The second-order valence-corrected chi connectivity index (χ2v) is 8.86. The minimum atomic E-state index is -3.62.